The highest BCUT2D eigenvalue weighted by molar-refractivity contribution is 5.94. The smallest absolute Gasteiger partial charge is 0.254 e. The summed E-state index contributed by atoms with van der Waals surface area (Å²) in [5.41, 5.74) is 4.77. The first-order chi connectivity index (χ1) is 8.00. The van der Waals surface area contributed by atoms with Crippen LogP contribution in [0.3, 0.4) is 0 Å². The van der Waals surface area contributed by atoms with Crippen molar-refractivity contribution in [2.75, 3.05) is 6.54 Å². The van der Waals surface area contributed by atoms with Crippen molar-refractivity contribution in [2.45, 2.75) is 12.8 Å². The van der Waals surface area contributed by atoms with Crippen molar-refractivity contribution in [1.82, 2.24) is 5.32 Å². The number of aromatic hydroxyl groups is 1. The van der Waals surface area contributed by atoms with Crippen LogP contribution in [0.4, 0.5) is 4.39 Å². The number of nitrogens with one attached hydrogen (secondary N) is 1. The van der Waals surface area contributed by atoms with E-state index in [4.69, 9.17) is 10.8 Å². The molecule has 0 aliphatic heterocycles. The van der Waals surface area contributed by atoms with Crippen molar-refractivity contribution in [3.05, 3.63) is 29.6 Å². The fourth-order valence-electron chi connectivity index (χ4n) is 1.25. The molecular formula is C11H13FN2O3. The summed E-state index contributed by atoms with van der Waals surface area (Å²) in [4.78, 5) is 21.9. The SMILES string of the molecule is NC(=O)CCCNC(=O)c1ccc(O)cc1F. The Labute approximate surface area is 97.4 Å². The molecule has 0 unspecified atom stereocenters. The third-order valence-corrected chi connectivity index (χ3v) is 2.08. The van der Waals surface area contributed by atoms with Crippen LogP contribution in [0.2, 0.25) is 0 Å². The van der Waals surface area contributed by atoms with E-state index in [0.717, 1.165) is 6.07 Å². The lowest BCUT2D eigenvalue weighted by Gasteiger charge is -2.05. The van der Waals surface area contributed by atoms with Crippen molar-refractivity contribution in [3.63, 3.8) is 0 Å². The third kappa shape index (κ3) is 4.10. The molecule has 1 aromatic rings. The second-order valence-electron chi connectivity index (χ2n) is 3.49. The summed E-state index contributed by atoms with van der Waals surface area (Å²) < 4.78 is 13.2. The molecule has 2 amide bonds. The van der Waals surface area contributed by atoms with E-state index in [1.54, 1.807) is 0 Å². The predicted octanol–water partition coefficient (Wildman–Crippen LogP) is 0.527. The van der Waals surface area contributed by atoms with Gasteiger partial charge >= 0.3 is 0 Å². The Balaban J connectivity index is 2.50. The Morgan fingerprint density at radius 1 is 1.41 bits per heavy atom. The third-order valence-electron chi connectivity index (χ3n) is 2.08. The number of benzene rings is 1. The molecule has 1 aromatic carbocycles. The Morgan fingerprint density at radius 3 is 2.71 bits per heavy atom. The quantitative estimate of drug-likeness (QED) is 0.655. The molecule has 17 heavy (non-hydrogen) atoms. The number of primary amides is 1. The largest absolute Gasteiger partial charge is 0.508 e. The van der Waals surface area contributed by atoms with E-state index in [-0.39, 0.29) is 24.3 Å². The van der Waals surface area contributed by atoms with E-state index in [9.17, 15) is 14.0 Å². The molecular weight excluding hydrogens is 227 g/mol. The molecule has 92 valence electrons. The average Bonchev–Trinajstić information content (AvgIpc) is 2.23. The summed E-state index contributed by atoms with van der Waals surface area (Å²) >= 11 is 0. The Bertz CT molecular complexity index is 435. The van der Waals surface area contributed by atoms with Crippen LogP contribution in [0.1, 0.15) is 23.2 Å². The van der Waals surface area contributed by atoms with Gasteiger partial charge in [0.1, 0.15) is 11.6 Å². The number of phenolic OH excluding ortho intramolecular Hbond substituents is 1. The zero-order valence-corrected chi connectivity index (χ0v) is 9.07. The number of phenols is 1. The zero-order valence-electron chi connectivity index (χ0n) is 9.07. The maximum absolute atomic E-state index is 13.2. The van der Waals surface area contributed by atoms with Gasteiger partial charge in [-0.3, -0.25) is 9.59 Å². The molecule has 1 rings (SSSR count). The van der Waals surface area contributed by atoms with E-state index in [2.05, 4.69) is 5.32 Å². The lowest BCUT2D eigenvalue weighted by molar-refractivity contribution is -0.118. The summed E-state index contributed by atoms with van der Waals surface area (Å²) in [7, 11) is 0. The molecule has 0 aliphatic rings. The van der Waals surface area contributed by atoms with Gasteiger partial charge in [0.2, 0.25) is 5.91 Å². The fourth-order valence-corrected chi connectivity index (χ4v) is 1.25. The van der Waals surface area contributed by atoms with Gasteiger partial charge in [-0.05, 0) is 18.6 Å². The number of halogens is 1. The monoisotopic (exact) mass is 240 g/mol. The summed E-state index contributed by atoms with van der Waals surface area (Å²) in [5.74, 6) is -2.08. The van der Waals surface area contributed by atoms with Gasteiger partial charge in [-0.2, -0.15) is 0 Å². The molecule has 0 aliphatic carbocycles. The van der Waals surface area contributed by atoms with E-state index in [0.29, 0.717) is 6.42 Å². The molecule has 0 radical (unpaired) electrons. The van der Waals surface area contributed by atoms with Crippen molar-refractivity contribution in [3.8, 4) is 5.75 Å². The fraction of sp³-hybridized carbons (Fsp3) is 0.273. The Hall–Kier alpha value is -2.11. The number of rotatable bonds is 5. The van der Waals surface area contributed by atoms with Crippen LogP contribution in [-0.4, -0.2) is 23.5 Å². The molecule has 0 fully saturated rings. The summed E-state index contributed by atoms with van der Waals surface area (Å²) in [6.07, 6.45) is 0.569. The number of amides is 2. The van der Waals surface area contributed by atoms with Gasteiger partial charge in [0, 0.05) is 19.0 Å². The zero-order chi connectivity index (χ0) is 12.8. The van der Waals surface area contributed by atoms with Crippen LogP contribution < -0.4 is 11.1 Å². The first-order valence-electron chi connectivity index (χ1n) is 5.05. The highest BCUT2D eigenvalue weighted by Gasteiger charge is 2.11. The molecule has 0 spiro atoms. The molecule has 0 atom stereocenters. The van der Waals surface area contributed by atoms with Gasteiger partial charge in [0.05, 0.1) is 5.56 Å². The van der Waals surface area contributed by atoms with Crippen LogP contribution in [-0.2, 0) is 4.79 Å². The molecule has 4 N–H and O–H groups in total. The number of hydrogen-bond donors (Lipinski definition) is 3. The van der Waals surface area contributed by atoms with Crippen LogP contribution in [0.15, 0.2) is 18.2 Å². The van der Waals surface area contributed by atoms with Gasteiger partial charge in [-0.1, -0.05) is 0 Å². The van der Waals surface area contributed by atoms with Crippen LogP contribution in [0.5, 0.6) is 5.75 Å². The maximum atomic E-state index is 13.2. The topological polar surface area (TPSA) is 92.4 Å². The van der Waals surface area contributed by atoms with E-state index in [1.807, 2.05) is 0 Å². The van der Waals surface area contributed by atoms with E-state index < -0.39 is 17.6 Å². The molecule has 0 bridgehead atoms. The minimum atomic E-state index is -0.794. The Morgan fingerprint density at radius 2 is 2.12 bits per heavy atom. The molecule has 0 heterocycles. The van der Waals surface area contributed by atoms with Gasteiger partial charge in [0.15, 0.2) is 0 Å². The summed E-state index contributed by atoms with van der Waals surface area (Å²) in [6.45, 7) is 0.238. The second-order valence-corrected chi connectivity index (χ2v) is 3.49. The first-order valence-corrected chi connectivity index (χ1v) is 5.05. The standard InChI is InChI=1S/C11H13FN2O3/c12-9-6-7(15)3-4-8(9)11(17)14-5-1-2-10(13)16/h3-4,6,15H,1-2,5H2,(H2,13,16)(H,14,17). The van der Waals surface area contributed by atoms with Crippen molar-refractivity contribution in [2.24, 2.45) is 5.73 Å². The van der Waals surface area contributed by atoms with Gasteiger partial charge in [0.25, 0.3) is 5.91 Å². The number of nitrogens with two attached hydrogens (primary N) is 1. The van der Waals surface area contributed by atoms with E-state index >= 15 is 0 Å². The lowest BCUT2D eigenvalue weighted by Crippen LogP contribution is -2.26. The van der Waals surface area contributed by atoms with E-state index in [1.165, 1.54) is 12.1 Å². The molecule has 0 aromatic heterocycles. The summed E-state index contributed by atoms with van der Waals surface area (Å²) in [5, 5.41) is 11.4. The predicted molar refractivity (Wildman–Crippen MR) is 58.8 cm³/mol. The van der Waals surface area contributed by atoms with Gasteiger partial charge < -0.3 is 16.2 Å². The van der Waals surface area contributed by atoms with Gasteiger partial charge in [-0.25, -0.2) is 4.39 Å². The normalized spacial score (nSPS) is 9.94. The minimum absolute atomic E-state index is 0.151. The van der Waals surface area contributed by atoms with Crippen molar-refractivity contribution >= 4 is 11.8 Å². The first kappa shape index (κ1) is 13.0. The van der Waals surface area contributed by atoms with Crippen LogP contribution in [0, 0.1) is 5.82 Å². The minimum Gasteiger partial charge on any atom is -0.508 e. The Kier molecular flexibility index (Phi) is 4.45. The maximum Gasteiger partial charge on any atom is 0.254 e. The highest BCUT2D eigenvalue weighted by atomic mass is 19.1. The number of carbonyl (C=O) groups excluding carboxylic acids is 2. The average molecular weight is 240 g/mol. The number of hydrogen-bond acceptors (Lipinski definition) is 3. The second kappa shape index (κ2) is 5.83. The molecule has 0 saturated heterocycles. The van der Waals surface area contributed by atoms with Crippen molar-refractivity contribution in [1.29, 1.82) is 0 Å². The molecule has 5 nitrogen and oxygen atoms in total. The number of carbonyl (C=O) groups is 2. The van der Waals surface area contributed by atoms with Crippen LogP contribution >= 0.6 is 0 Å². The van der Waals surface area contributed by atoms with Crippen LogP contribution in [0.25, 0.3) is 0 Å². The molecule has 0 saturated carbocycles. The molecule has 6 heteroatoms. The summed E-state index contributed by atoms with van der Waals surface area (Å²) in [6, 6.07) is 3.27. The van der Waals surface area contributed by atoms with Crippen molar-refractivity contribution < 1.29 is 19.1 Å². The lowest BCUT2D eigenvalue weighted by atomic mass is 10.2. The highest BCUT2D eigenvalue weighted by Crippen LogP contribution is 2.14. The van der Waals surface area contributed by atoms with Gasteiger partial charge in [-0.15, -0.1) is 0 Å².